The second-order valence-electron chi connectivity index (χ2n) is 7.31. The smallest absolute Gasteiger partial charge is 0.0595 e. The zero-order valence-electron chi connectivity index (χ0n) is 17.3. The van der Waals surface area contributed by atoms with Gasteiger partial charge in [-0.3, -0.25) is 19.2 Å². The molecule has 4 aromatic rings. The van der Waals surface area contributed by atoms with E-state index in [0.717, 1.165) is 22.4 Å². The molecule has 0 amide bonds. The molecule has 0 spiro atoms. The minimum absolute atomic E-state index is 0.0858. The van der Waals surface area contributed by atoms with Gasteiger partial charge in [-0.1, -0.05) is 47.5 Å². The molecule has 6 nitrogen and oxygen atoms in total. The van der Waals surface area contributed by atoms with Gasteiger partial charge in [0.1, 0.15) is 0 Å². The summed E-state index contributed by atoms with van der Waals surface area (Å²) in [5.74, 6) is -0.458. The maximum atomic E-state index is 11.0. The zero-order valence-corrected chi connectivity index (χ0v) is 19.6. The second kappa shape index (κ2) is 11.0. The Labute approximate surface area is 204 Å². The molecule has 2 unspecified atom stereocenters. The first kappa shape index (κ1) is 23.5. The Kier molecular flexibility index (Phi) is 7.80. The summed E-state index contributed by atoms with van der Waals surface area (Å²) in [7, 11) is 0. The minimum Gasteiger partial charge on any atom is -0.760 e. The molecule has 0 aliphatic rings. The number of hydrogen-bond donors (Lipinski definition) is 1. The van der Waals surface area contributed by atoms with Crippen molar-refractivity contribution in [2.75, 3.05) is 0 Å². The van der Waals surface area contributed by atoms with Crippen molar-refractivity contribution in [3.63, 3.8) is 0 Å². The van der Waals surface area contributed by atoms with Gasteiger partial charge in [0.15, 0.2) is 0 Å². The Morgan fingerprint density at radius 3 is 2.12 bits per heavy atom. The lowest BCUT2D eigenvalue weighted by Crippen LogP contribution is -2.19. The van der Waals surface area contributed by atoms with Gasteiger partial charge in [0, 0.05) is 60.1 Å². The average Bonchev–Trinajstić information content (AvgIpc) is 2.84. The van der Waals surface area contributed by atoms with E-state index in [1.165, 1.54) is 0 Å². The van der Waals surface area contributed by atoms with Gasteiger partial charge in [-0.25, -0.2) is 4.72 Å². The molecule has 168 valence electrons. The highest BCUT2D eigenvalue weighted by atomic mass is 35.5. The normalized spacial score (nSPS) is 13.1. The third kappa shape index (κ3) is 5.82. The average molecular weight is 498 g/mol. The molecule has 0 aliphatic heterocycles. The van der Waals surface area contributed by atoms with Crippen LogP contribution < -0.4 is 4.72 Å². The number of nitrogens with zero attached hydrogens (tertiary/aromatic N) is 3. The lowest BCUT2D eigenvalue weighted by molar-refractivity contribution is 0.521. The number of pyridine rings is 3. The summed E-state index contributed by atoms with van der Waals surface area (Å²) in [5, 5.41) is 0.900. The molecule has 3 heterocycles. The van der Waals surface area contributed by atoms with E-state index >= 15 is 0 Å². The van der Waals surface area contributed by atoms with E-state index < -0.39 is 11.3 Å². The van der Waals surface area contributed by atoms with Crippen LogP contribution in [-0.4, -0.2) is 23.7 Å². The Balaban J connectivity index is 1.90. The highest BCUT2D eigenvalue weighted by molar-refractivity contribution is 7.77. The highest BCUT2D eigenvalue weighted by Crippen LogP contribution is 2.43. The molecular formula is C24H19Cl2N4O2S-. The number of nitrogens with one attached hydrogen (secondary N) is 1. The lowest BCUT2D eigenvalue weighted by Gasteiger charge is -2.28. The van der Waals surface area contributed by atoms with Gasteiger partial charge in [-0.05, 0) is 53.1 Å². The topological polar surface area (TPSA) is 90.8 Å². The van der Waals surface area contributed by atoms with Crippen molar-refractivity contribution < 1.29 is 8.76 Å². The van der Waals surface area contributed by atoms with E-state index in [-0.39, 0.29) is 18.4 Å². The molecule has 0 radical (unpaired) electrons. The predicted molar refractivity (Wildman–Crippen MR) is 129 cm³/mol. The number of halogens is 2. The predicted octanol–water partition coefficient (Wildman–Crippen LogP) is 5.03. The fourth-order valence-corrected chi connectivity index (χ4v) is 4.41. The van der Waals surface area contributed by atoms with Crippen LogP contribution in [0, 0.1) is 0 Å². The molecule has 4 rings (SSSR count). The number of benzene rings is 1. The summed E-state index contributed by atoms with van der Waals surface area (Å²) in [5.41, 5.74) is 4.22. The Morgan fingerprint density at radius 1 is 0.848 bits per heavy atom. The summed E-state index contributed by atoms with van der Waals surface area (Å²) in [6, 6.07) is 18.9. The van der Waals surface area contributed by atoms with Gasteiger partial charge >= 0.3 is 0 Å². The van der Waals surface area contributed by atoms with Gasteiger partial charge in [0.05, 0.1) is 15.7 Å². The van der Waals surface area contributed by atoms with Crippen LogP contribution in [-0.2, 0) is 17.8 Å². The number of rotatable bonds is 8. The maximum absolute atomic E-state index is 11.0. The summed E-state index contributed by atoms with van der Waals surface area (Å²) < 4.78 is 24.3. The van der Waals surface area contributed by atoms with Gasteiger partial charge in [-0.15, -0.1) is 0 Å². The van der Waals surface area contributed by atoms with Crippen molar-refractivity contribution >= 4 is 34.5 Å². The summed E-state index contributed by atoms with van der Waals surface area (Å²) >= 11 is 10.2. The van der Waals surface area contributed by atoms with E-state index in [0.29, 0.717) is 15.7 Å². The SMILES string of the molecule is O=S([O-])NCc1cccc(C(c2ccc(Cl)c(Cl)c2)C(c2cccnc2)c2cccnc2)n1. The second-order valence-corrected chi connectivity index (χ2v) is 8.88. The number of hydrogen-bond acceptors (Lipinski definition) is 5. The fraction of sp³-hybridized carbons (Fsp3) is 0.125. The van der Waals surface area contributed by atoms with Crippen LogP contribution in [0.1, 0.15) is 39.9 Å². The Hall–Kier alpha value is -2.68. The van der Waals surface area contributed by atoms with Crippen molar-refractivity contribution in [2.24, 2.45) is 0 Å². The molecule has 3 aromatic heterocycles. The Morgan fingerprint density at radius 2 is 1.55 bits per heavy atom. The monoisotopic (exact) mass is 497 g/mol. The largest absolute Gasteiger partial charge is 0.760 e. The lowest BCUT2D eigenvalue weighted by atomic mass is 9.76. The van der Waals surface area contributed by atoms with Crippen LogP contribution in [0.3, 0.4) is 0 Å². The maximum Gasteiger partial charge on any atom is 0.0595 e. The van der Waals surface area contributed by atoms with Crippen LogP contribution in [0.4, 0.5) is 0 Å². The first-order valence-electron chi connectivity index (χ1n) is 10.1. The van der Waals surface area contributed by atoms with Crippen LogP contribution in [0.5, 0.6) is 0 Å². The van der Waals surface area contributed by atoms with Crippen LogP contribution in [0.2, 0.25) is 10.0 Å². The van der Waals surface area contributed by atoms with Crippen molar-refractivity contribution in [2.45, 2.75) is 18.4 Å². The molecule has 0 fully saturated rings. The molecule has 0 saturated carbocycles. The third-order valence-electron chi connectivity index (χ3n) is 5.24. The quantitative estimate of drug-likeness (QED) is 0.345. The first-order valence-corrected chi connectivity index (χ1v) is 11.9. The minimum atomic E-state index is -2.38. The van der Waals surface area contributed by atoms with Gasteiger partial charge in [-0.2, -0.15) is 0 Å². The van der Waals surface area contributed by atoms with E-state index in [1.807, 2.05) is 60.9 Å². The third-order valence-corrected chi connectivity index (χ3v) is 6.36. The van der Waals surface area contributed by atoms with Crippen LogP contribution >= 0.6 is 23.2 Å². The van der Waals surface area contributed by atoms with E-state index in [4.69, 9.17) is 28.2 Å². The molecule has 33 heavy (non-hydrogen) atoms. The van der Waals surface area contributed by atoms with Crippen molar-refractivity contribution in [3.8, 4) is 0 Å². The standard InChI is InChI=1S/C24H20Cl2N4O2S/c25-20-9-8-16(12-21(20)26)24(22-7-1-6-19(30-22)15-29-33(31)32)23(17-4-2-10-27-13-17)18-5-3-11-28-14-18/h1-14,23-24,29H,15H2,(H,31,32)/p-1. The van der Waals surface area contributed by atoms with E-state index in [1.54, 1.807) is 24.5 Å². The number of aromatic nitrogens is 3. The molecule has 0 saturated heterocycles. The first-order chi connectivity index (χ1) is 16.0. The highest BCUT2D eigenvalue weighted by Gasteiger charge is 2.30. The van der Waals surface area contributed by atoms with Crippen molar-refractivity contribution in [1.82, 2.24) is 19.7 Å². The van der Waals surface area contributed by atoms with Gasteiger partial charge < -0.3 is 4.55 Å². The summed E-state index contributed by atoms with van der Waals surface area (Å²) in [4.78, 5) is 13.5. The molecule has 1 N–H and O–H groups in total. The van der Waals surface area contributed by atoms with Gasteiger partial charge in [0.2, 0.25) is 0 Å². The molecule has 9 heteroatoms. The molecular weight excluding hydrogens is 479 g/mol. The Bertz CT molecular complexity index is 1210. The molecule has 0 bridgehead atoms. The molecule has 0 aliphatic carbocycles. The molecule has 2 atom stereocenters. The van der Waals surface area contributed by atoms with E-state index in [2.05, 4.69) is 14.7 Å². The van der Waals surface area contributed by atoms with Crippen LogP contribution in [0.25, 0.3) is 0 Å². The van der Waals surface area contributed by atoms with E-state index in [9.17, 15) is 8.76 Å². The fourth-order valence-electron chi connectivity index (χ4n) is 3.84. The van der Waals surface area contributed by atoms with Gasteiger partial charge in [0.25, 0.3) is 0 Å². The van der Waals surface area contributed by atoms with Crippen LogP contribution in [0.15, 0.2) is 85.5 Å². The summed E-state index contributed by atoms with van der Waals surface area (Å²) in [6.07, 6.45) is 7.11. The zero-order chi connectivity index (χ0) is 23.2. The summed E-state index contributed by atoms with van der Waals surface area (Å²) in [6.45, 7) is 0.0858. The molecule has 1 aromatic carbocycles. The van der Waals surface area contributed by atoms with Crippen molar-refractivity contribution in [1.29, 1.82) is 0 Å². The van der Waals surface area contributed by atoms with Crippen molar-refractivity contribution in [3.05, 3.63) is 124 Å².